The lowest BCUT2D eigenvalue weighted by molar-refractivity contribution is 0.122. The molecule has 0 aromatic carbocycles. The van der Waals surface area contributed by atoms with Gasteiger partial charge in [0, 0.05) is 63.5 Å². The fourth-order valence-corrected chi connectivity index (χ4v) is 3.82. The third kappa shape index (κ3) is 4.28. The van der Waals surface area contributed by atoms with Crippen molar-refractivity contribution in [1.29, 1.82) is 0 Å². The Kier molecular flexibility index (Phi) is 5.77. The molecule has 28 heavy (non-hydrogen) atoms. The van der Waals surface area contributed by atoms with Gasteiger partial charge in [0.1, 0.15) is 11.6 Å². The van der Waals surface area contributed by atoms with Crippen molar-refractivity contribution < 1.29 is 9.15 Å². The van der Waals surface area contributed by atoms with Crippen LogP contribution in [0.25, 0.3) is 0 Å². The molecule has 4 rings (SSSR count). The van der Waals surface area contributed by atoms with E-state index in [9.17, 15) is 0 Å². The first-order valence-corrected chi connectivity index (χ1v) is 10.2. The van der Waals surface area contributed by atoms with Crippen molar-refractivity contribution >= 4 is 11.8 Å². The number of aryl methyl sites for hydroxylation is 1. The molecule has 0 atom stereocenters. The smallest absolute Gasteiger partial charge is 0.227 e. The summed E-state index contributed by atoms with van der Waals surface area (Å²) in [6.07, 6.45) is 1.56. The quantitative estimate of drug-likeness (QED) is 0.773. The maximum Gasteiger partial charge on any atom is 0.227 e. The van der Waals surface area contributed by atoms with Crippen LogP contribution in [-0.4, -0.2) is 72.3 Å². The Morgan fingerprint density at radius 1 is 1.00 bits per heavy atom. The Labute approximate surface area is 166 Å². The normalized spacial score (nSPS) is 18.9. The van der Waals surface area contributed by atoms with Crippen molar-refractivity contribution in [2.24, 2.45) is 0 Å². The SMILES string of the molecule is Cc1cc(N2CCOCC2)nc(N2CCN(Cc3ncoc3C(C)C)CC2)n1. The molecule has 0 unspecified atom stereocenters. The minimum Gasteiger partial charge on any atom is -0.448 e. The Morgan fingerprint density at radius 2 is 1.75 bits per heavy atom. The average molecular weight is 387 g/mol. The van der Waals surface area contributed by atoms with Crippen LogP contribution < -0.4 is 9.80 Å². The highest BCUT2D eigenvalue weighted by atomic mass is 16.5. The second kappa shape index (κ2) is 8.45. The zero-order chi connectivity index (χ0) is 19.5. The van der Waals surface area contributed by atoms with Gasteiger partial charge in [0.25, 0.3) is 0 Å². The lowest BCUT2D eigenvalue weighted by atomic mass is 10.1. The second-order valence-corrected chi connectivity index (χ2v) is 7.85. The van der Waals surface area contributed by atoms with Crippen LogP contribution in [0.4, 0.5) is 11.8 Å². The molecule has 0 spiro atoms. The average Bonchev–Trinajstić information content (AvgIpc) is 3.17. The van der Waals surface area contributed by atoms with Crippen molar-refractivity contribution in [3.05, 3.63) is 29.6 Å². The fraction of sp³-hybridized carbons (Fsp3) is 0.650. The highest BCUT2D eigenvalue weighted by Crippen LogP contribution is 2.22. The topological polar surface area (TPSA) is 70.8 Å². The molecule has 2 saturated heterocycles. The molecule has 8 nitrogen and oxygen atoms in total. The molecular weight excluding hydrogens is 356 g/mol. The number of hydrogen-bond acceptors (Lipinski definition) is 8. The van der Waals surface area contributed by atoms with Crippen LogP contribution in [-0.2, 0) is 11.3 Å². The number of rotatable bonds is 5. The zero-order valence-corrected chi connectivity index (χ0v) is 17.1. The zero-order valence-electron chi connectivity index (χ0n) is 17.1. The lowest BCUT2D eigenvalue weighted by Crippen LogP contribution is -2.47. The van der Waals surface area contributed by atoms with Gasteiger partial charge in [-0.15, -0.1) is 0 Å². The Balaban J connectivity index is 1.39. The van der Waals surface area contributed by atoms with Crippen LogP contribution in [0.1, 0.15) is 36.9 Å². The molecule has 0 saturated carbocycles. The first-order chi connectivity index (χ1) is 13.6. The van der Waals surface area contributed by atoms with Crippen LogP contribution in [0.2, 0.25) is 0 Å². The summed E-state index contributed by atoms with van der Waals surface area (Å²) < 4.78 is 11.0. The number of morpholine rings is 1. The molecule has 2 fully saturated rings. The number of oxazole rings is 1. The third-order valence-corrected chi connectivity index (χ3v) is 5.39. The van der Waals surface area contributed by atoms with Gasteiger partial charge in [0.15, 0.2) is 6.39 Å². The van der Waals surface area contributed by atoms with Crippen LogP contribution in [0, 0.1) is 6.92 Å². The highest BCUT2D eigenvalue weighted by molar-refractivity contribution is 5.46. The first kappa shape index (κ1) is 19.1. The van der Waals surface area contributed by atoms with Crippen molar-refractivity contribution in [2.75, 3.05) is 62.3 Å². The van der Waals surface area contributed by atoms with Gasteiger partial charge < -0.3 is 19.0 Å². The molecule has 2 aromatic heterocycles. The van der Waals surface area contributed by atoms with Gasteiger partial charge in [-0.05, 0) is 6.92 Å². The van der Waals surface area contributed by atoms with Crippen molar-refractivity contribution in [2.45, 2.75) is 33.2 Å². The Morgan fingerprint density at radius 3 is 2.46 bits per heavy atom. The molecule has 2 aromatic rings. The molecule has 0 radical (unpaired) electrons. The van der Waals surface area contributed by atoms with Gasteiger partial charge in [-0.25, -0.2) is 9.97 Å². The van der Waals surface area contributed by atoms with E-state index >= 15 is 0 Å². The summed E-state index contributed by atoms with van der Waals surface area (Å²) in [6, 6.07) is 2.07. The van der Waals surface area contributed by atoms with Crippen LogP contribution in [0.3, 0.4) is 0 Å². The first-order valence-electron chi connectivity index (χ1n) is 10.2. The standard InChI is InChI=1S/C20H30N6O2/c1-15(2)19-17(21-14-28-19)13-24-4-6-26(7-5-24)20-22-16(3)12-18(23-20)25-8-10-27-11-9-25/h12,14-15H,4-11,13H2,1-3H3. The highest BCUT2D eigenvalue weighted by Gasteiger charge is 2.23. The molecule has 2 aliphatic rings. The third-order valence-electron chi connectivity index (χ3n) is 5.39. The summed E-state index contributed by atoms with van der Waals surface area (Å²) in [6.45, 7) is 14.2. The van der Waals surface area contributed by atoms with E-state index in [0.717, 1.165) is 87.9 Å². The molecule has 8 heteroatoms. The molecule has 4 heterocycles. The van der Waals surface area contributed by atoms with Gasteiger partial charge in [-0.1, -0.05) is 13.8 Å². The van der Waals surface area contributed by atoms with Crippen molar-refractivity contribution in [3.8, 4) is 0 Å². The van der Waals surface area contributed by atoms with Gasteiger partial charge in [0.2, 0.25) is 5.95 Å². The van der Waals surface area contributed by atoms with E-state index in [2.05, 4.69) is 39.6 Å². The van der Waals surface area contributed by atoms with Crippen molar-refractivity contribution in [1.82, 2.24) is 19.9 Å². The fourth-order valence-electron chi connectivity index (χ4n) is 3.82. The maximum absolute atomic E-state index is 5.56. The number of hydrogen-bond donors (Lipinski definition) is 0. The predicted octanol–water partition coefficient (Wildman–Crippen LogP) is 2.06. The van der Waals surface area contributed by atoms with Gasteiger partial charge in [-0.2, -0.15) is 4.98 Å². The summed E-state index contributed by atoms with van der Waals surface area (Å²) in [5.74, 6) is 3.21. The molecule has 152 valence electrons. The van der Waals surface area contributed by atoms with E-state index in [-0.39, 0.29) is 0 Å². The van der Waals surface area contributed by atoms with E-state index in [0.29, 0.717) is 5.92 Å². The second-order valence-electron chi connectivity index (χ2n) is 7.85. The van der Waals surface area contributed by atoms with E-state index in [1.54, 1.807) is 6.39 Å². The van der Waals surface area contributed by atoms with Crippen LogP contribution >= 0.6 is 0 Å². The Bertz CT molecular complexity index is 779. The molecule has 2 aliphatic heterocycles. The lowest BCUT2D eigenvalue weighted by Gasteiger charge is -2.35. The van der Waals surface area contributed by atoms with E-state index in [1.807, 2.05) is 6.92 Å². The minimum atomic E-state index is 0.359. The number of ether oxygens (including phenoxy) is 1. The molecule has 0 amide bonds. The molecule has 0 bridgehead atoms. The van der Waals surface area contributed by atoms with Crippen LogP contribution in [0.15, 0.2) is 16.9 Å². The van der Waals surface area contributed by atoms with Crippen molar-refractivity contribution in [3.63, 3.8) is 0 Å². The minimum absolute atomic E-state index is 0.359. The summed E-state index contributed by atoms with van der Waals surface area (Å²) in [7, 11) is 0. The summed E-state index contributed by atoms with van der Waals surface area (Å²) in [5, 5.41) is 0. The van der Waals surface area contributed by atoms with Crippen LogP contribution in [0.5, 0.6) is 0 Å². The molecular formula is C20H30N6O2. The maximum atomic E-state index is 5.56. The van der Waals surface area contributed by atoms with E-state index in [4.69, 9.17) is 19.1 Å². The molecule has 0 N–H and O–H groups in total. The van der Waals surface area contributed by atoms with Gasteiger partial charge in [0.05, 0.1) is 18.9 Å². The Hall–Kier alpha value is -2.19. The number of piperazine rings is 1. The number of anilines is 2. The summed E-state index contributed by atoms with van der Waals surface area (Å²) in [5.41, 5.74) is 2.07. The summed E-state index contributed by atoms with van der Waals surface area (Å²) >= 11 is 0. The largest absolute Gasteiger partial charge is 0.448 e. The van der Waals surface area contributed by atoms with E-state index in [1.165, 1.54) is 0 Å². The monoisotopic (exact) mass is 386 g/mol. The van der Waals surface area contributed by atoms with Gasteiger partial charge >= 0.3 is 0 Å². The summed E-state index contributed by atoms with van der Waals surface area (Å²) in [4.78, 5) is 21.0. The van der Waals surface area contributed by atoms with Gasteiger partial charge in [-0.3, -0.25) is 4.90 Å². The number of aromatic nitrogens is 3. The number of nitrogens with zero attached hydrogens (tertiary/aromatic N) is 6. The molecule has 0 aliphatic carbocycles. The van der Waals surface area contributed by atoms with E-state index < -0.39 is 0 Å². The predicted molar refractivity (Wildman–Crippen MR) is 108 cm³/mol.